The van der Waals surface area contributed by atoms with E-state index in [1.807, 2.05) is 60.7 Å². The second-order valence-corrected chi connectivity index (χ2v) is 7.73. The van der Waals surface area contributed by atoms with Gasteiger partial charge in [0.2, 0.25) is 0 Å². The van der Waals surface area contributed by atoms with E-state index < -0.39 is 0 Å². The molecular weight excluding hydrogens is 386 g/mol. The number of benzene rings is 2. The third-order valence-corrected chi connectivity index (χ3v) is 5.67. The van der Waals surface area contributed by atoms with E-state index in [0.29, 0.717) is 11.4 Å². The number of piperidine rings is 1. The van der Waals surface area contributed by atoms with E-state index in [-0.39, 0.29) is 11.9 Å². The third-order valence-electron chi connectivity index (χ3n) is 5.67. The summed E-state index contributed by atoms with van der Waals surface area (Å²) in [6.07, 6.45) is 5.29. The largest absolute Gasteiger partial charge is 0.356 e. The quantitative estimate of drug-likeness (QED) is 0.550. The Balaban J connectivity index is 1.36. The molecule has 0 bridgehead atoms. The second-order valence-electron chi connectivity index (χ2n) is 7.73. The minimum Gasteiger partial charge on any atom is -0.356 e. The smallest absolute Gasteiger partial charge is 0.251 e. The van der Waals surface area contributed by atoms with Crippen molar-refractivity contribution in [2.24, 2.45) is 0 Å². The van der Waals surface area contributed by atoms with Crippen molar-refractivity contribution in [1.82, 2.24) is 20.3 Å². The first-order valence-electron chi connectivity index (χ1n) is 10.6. The lowest BCUT2D eigenvalue weighted by Gasteiger charge is -2.34. The zero-order valence-electron chi connectivity index (χ0n) is 17.1. The van der Waals surface area contributed by atoms with Gasteiger partial charge in [-0.1, -0.05) is 30.3 Å². The van der Waals surface area contributed by atoms with E-state index in [0.717, 1.165) is 48.2 Å². The zero-order chi connectivity index (χ0) is 21.0. The maximum Gasteiger partial charge on any atom is 0.251 e. The van der Waals surface area contributed by atoms with Crippen LogP contribution in [0.1, 0.15) is 23.2 Å². The summed E-state index contributed by atoms with van der Waals surface area (Å²) in [6, 6.07) is 21.5. The van der Waals surface area contributed by atoms with Crippen molar-refractivity contribution in [3.63, 3.8) is 0 Å². The van der Waals surface area contributed by atoms with Crippen molar-refractivity contribution in [3.8, 4) is 11.4 Å². The molecule has 0 aliphatic carbocycles. The number of fused-ring (bicyclic) bond motifs is 1. The minimum atomic E-state index is -0.00889. The summed E-state index contributed by atoms with van der Waals surface area (Å²) in [6.45, 7) is 1.65. The lowest BCUT2D eigenvalue weighted by Crippen LogP contribution is -2.45. The van der Waals surface area contributed by atoms with Gasteiger partial charge in [-0.25, -0.2) is 9.97 Å². The van der Waals surface area contributed by atoms with E-state index in [4.69, 9.17) is 9.97 Å². The number of carbonyl (C=O) groups is 1. The van der Waals surface area contributed by atoms with Gasteiger partial charge in [-0.05, 0) is 49.2 Å². The summed E-state index contributed by atoms with van der Waals surface area (Å²) in [5.74, 6) is 1.61. The number of hydrogen-bond donors (Lipinski definition) is 1. The Labute approximate surface area is 181 Å². The zero-order valence-corrected chi connectivity index (χ0v) is 17.1. The Morgan fingerprint density at radius 2 is 1.68 bits per heavy atom. The molecule has 0 spiro atoms. The highest BCUT2D eigenvalue weighted by Crippen LogP contribution is 2.29. The van der Waals surface area contributed by atoms with Gasteiger partial charge in [-0.15, -0.1) is 0 Å². The number of aromatic nitrogens is 3. The molecule has 0 atom stereocenters. The molecule has 31 heavy (non-hydrogen) atoms. The summed E-state index contributed by atoms with van der Waals surface area (Å²) in [5.41, 5.74) is 2.53. The number of hydrogen-bond acceptors (Lipinski definition) is 5. The van der Waals surface area contributed by atoms with Crippen LogP contribution >= 0.6 is 0 Å². The summed E-state index contributed by atoms with van der Waals surface area (Å²) in [5, 5.41) is 4.22. The van der Waals surface area contributed by atoms with E-state index in [9.17, 15) is 4.79 Å². The number of anilines is 1. The number of carbonyl (C=O) groups excluding carboxylic acids is 1. The van der Waals surface area contributed by atoms with Gasteiger partial charge in [0.15, 0.2) is 5.82 Å². The van der Waals surface area contributed by atoms with Crippen LogP contribution in [-0.2, 0) is 0 Å². The van der Waals surface area contributed by atoms with Crippen LogP contribution in [-0.4, -0.2) is 40.0 Å². The third kappa shape index (κ3) is 4.10. The highest BCUT2D eigenvalue weighted by atomic mass is 16.1. The molecule has 5 rings (SSSR count). The topological polar surface area (TPSA) is 71.0 Å². The van der Waals surface area contributed by atoms with Gasteiger partial charge in [0.25, 0.3) is 5.91 Å². The molecule has 0 saturated carbocycles. The molecule has 4 aromatic rings. The average Bonchev–Trinajstić information content (AvgIpc) is 2.85. The predicted octanol–water partition coefficient (Wildman–Crippen LogP) is 4.09. The van der Waals surface area contributed by atoms with Gasteiger partial charge >= 0.3 is 0 Å². The fourth-order valence-electron chi connectivity index (χ4n) is 4.02. The van der Waals surface area contributed by atoms with E-state index >= 15 is 0 Å². The van der Waals surface area contributed by atoms with Crippen LogP contribution in [0.15, 0.2) is 79.1 Å². The monoisotopic (exact) mass is 409 g/mol. The molecule has 0 unspecified atom stereocenters. The van der Waals surface area contributed by atoms with Crippen molar-refractivity contribution in [3.05, 3.63) is 84.7 Å². The maximum absolute atomic E-state index is 12.5. The Morgan fingerprint density at radius 1 is 0.903 bits per heavy atom. The standard InChI is InChI=1S/C25H23N5O/c31-25(18-7-2-1-3-8-18)27-20-12-15-30(16-13-20)24-21-10-4-5-11-22(21)28-23(29-24)19-9-6-14-26-17-19/h1-11,14,17,20H,12-13,15-16H2,(H,27,31). The maximum atomic E-state index is 12.5. The Hall–Kier alpha value is -3.80. The summed E-state index contributed by atoms with van der Waals surface area (Å²) >= 11 is 0. The molecule has 6 heteroatoms. The minimum absolute atomic E-state index is 0.00889. The highest BCUT2D eigenvalue weighted by Gasteiger charge is 2.24. The van der Waals surface area contributed by atoms with Crippen molar-refractivity contribution in [1.29, 1.82) is 0 Å². The molecule has 1 amide bonds. The molecule has 1 fully saturated rings. The summed E-state index contributed by atoms with van der Waals surface area (Å²) in [7, 11) is 0. The number of nitrogens with one attached hydrogen (secondary N) is 1. The Morgan fingerprint density at radius 3 is 2.45 bits per heavy atom. The van der Waals surface area contributed by atoms with E-state index in [1.54, 1.807) is 12.4 Å². The van der Waals surface area contributed by atoms with Gasteiger partial charge in [0, 0.05) is 48.0 Å². The number of amides is 1. The average molecular weight is 409 g/mol. The lowest BCUT2D eigenvalue weighted by atomic mass is 10.0. The van der Waals surface area contributed by atoms with Gasteiger partial charge in [0.1, 0.15) is 5.82 Å². The molecule has 1 saturated heterocycles. The fourth-order valence-corrected chi connectivity index (χ4v) is 4.02. The highest BCUT2D eigenvalue weighted by molar-refractivity contribution is 5.94. The Kier molecular flexibility index (Phi) is 5.27. The van der Waals surface area contributed by atoms with Crippen LogP contribution in [0.5, 0.6) is 0 Å². The molecule has 1 N–H and O–H groups in total. The normalized spacial score (nSPS) is 14.5. The molecule has 6 nitrogen and oxygen atoms in total. The molecule has 154 valence electrons. The van der Waals surface area contributed by atoms with Gasteiger partial charge in [-0.2, -0.15) is 0 Å². The van der Waals surface area contributed by atoms with Crippen molar-refractivity contribution < 1.29 is 4.79 Å². The first-order chi connectivity index (χ1) is 15.3. The van der Waals surface area contributed by atoms with Crippen molar-refractivity contribution in [2.45, 2.75) is 18.9 Å². The van der Waals surface area contributed by atoms with Gasteiger partial charge < -0.3 is 10.2 Å². The first kappa shape index (κ1) is 19.2. The number of pyridine rings is 1. The van der Waals surface area contributed by atoms with Crippen LogP contribution in [0.4, 0.5) is 5.82 Å². The Bertz CT molecular complexity index is 1190. The second kappa shape index (κ2) is 8.52. The molecular formula is C25H23N5O. The molecule has 2 aromatic carbocycles. The number of nitrogens with zero attached hydrogens (tertiary/aromatic N) is 4. The fraction of sp³-hybridized carbons (Fsp3) is 0.200. The SMILES string of the molecule is O=C(NC1CCN(c2nc(-c3cccnc3)nc3ccccc23)CC1)c1ccccc1. The lowest BCUT2D eigenvalue weighted by molar-refractivity contribution is 0.0931. The van der Waals surface area contributed by atoms with Crippen molar-refractivity contribution in [2.75, 3.05) is 18.0 Å². The first-order valence-corrected chi connectivity index (χ1v) is 10.6. The number of para-hydroxylation sites is 1. The van der Waals surface area contributed by atoms with Crippen molar-refractivity contribution >= 4 is 22.6 Å². The summed E-state index contributed by atoms with van der Waals surface area (Å²) in [4.78, 5) is 28.7. The summed E-state index contributed by atoms with van der Waals surface area (Å²) < 4.78 is 0. The molecule has 2 aromatic heterocycles. The molecule has 0 radical (unpaired) electrons. The van der Waals surface area contributed by atoms with Gasteiger partial charge in [-0.3, -0.25) is 9.78 Å². The molecule has 1 aliphatic rings. The molecule has 1 aliphatic heterocycles. The van der Waals surface area contributed by atoms with Crippen LogP contribution < -0.4 is 10.2 Å². The van der Waals surface area contributed by atoms with Crippen LogP contribution in [0.25, 0.3) is 22.3 Å². The van der Waals surface area contributed by atoms with Crippen LogP contribution in [0.3, 0.4) is 0 Å². The number of rotatable bonds is 4. The van der Waals surface area contributed by atoms with E-state index in [2.05, 4.69) is 21.3 Å². The van der Waals surface area contributed by atoms with E-state index in [1.165, 1.54) is 0 Å². The predicted molar refractivity (Wildman–Crippen MR) is 122 cm³/mol. The van der Waals surface area contributed by atoms with Crippen LogP contribution in [0, 0.1) is 0 Å². The molecule has 3 heterocycles. The van der Waals surface area contributed by atoms with Gasteiger partial charge in [0.05, 0.1) is 5.52 Å². The van der Waals surface area contributed by atoms with Crippen LogP contribution in [0.2, 0.25) is 0 Å².